The molecule has 0 fully saturated rings. The van der Waals surface area contributed by atoms with E-state index in [1.54, 1.807) is 0 Å². The fraction of sp³-hybridized carbons (Fsp3) is 0.515. The summed E-state index contributed by atoms with van der Waals surface area (Å²) in [6.07, 6.45) is 90.1. The Labute approximate surface area is 453 Å². The topological polar surface area (TPSA) is 78.9 Å². The molecule has 0 rings (SSSR count). The largest absolute Gasteiger partial charge is 0.462 e. The van der Waals surface area contributed by atoms with E-state index >= 15 is 0 Å². The molecule has 0 saturated heterocycles. The van der Waals surface area contributed by atoms with E-state index in [0.29, 0.717) is 19.3 Å². The second-order valence-electron chi connectivity index (χ2n) is 18.4. The van der Waals surface area contributed by atoms with Gasteiger partial charge < -0.3 is 14.2 Å². The standard InChI is InChI=1S/C68H102O6/c1-4-7-10-13-16-19-22-25-28-31-34-37-40-43-46-49-52-55-58-61-67(70)73-64-65(63-72-66(69)60-57-54-51-48-45-42-39-36-33-30-27-24-21-18-15-12-9-6-3)74-68(71)62-59-56-53-50-47-44-41-38-35-32-29-26-23-20-17-14-11-8-5-2/h7-8,10-11,13-14,16-17,19-20,22-23,25-26,28-29,31-32,34-41,43-44,46-47,65H,4-6,9,12,15,18,21,24,27,30,33,42,45,48-64H2,1-3H3/b10-7-,11-8-,16-13-,17-14-,22-19-,23-20-,28-25-,29-26-,34-31+,35-32+,39-36-,40-37-,41-38-,46-43-,47-44-. The number of allylic oxidation sites excluding steroid dienone is 30. The molecule has 410 valence electrons. The van der Waals surface area contributed by atoms with Gasteiger partial charge in [0.25, 0.3) is 0 Å². The van der Waals surface area contributed by atoms with Crippen LogP contribution in [0.2, 0.25) is 0 Å². The van der Waals surface area contributed by atoms with Gasteiger partial charge in [-0.15, -0.1) is 0 Å². The fourth-order valence-electron chi connectivity index (χ4n) is 7.23. The number of rotatable bonds is 49. The van der Waals surface area contributed by atoms with Crippen molar-refractivity contribution in [1.82, 2.24) is 0 Å². The van der Waals surface area contributed by atoms with Crippen molar-refractivity contribution in [1.29, 1.82) is 0 Å². The summed E-state index contributed by atoms with van der Waals surface area (Å²) in [6.45, 7) is 6.24. The summed E-state index contributed by atoms with van der Waals surface area (Å²) in [5.41, 5.74) is 0. The number of ether oxygens (including phenoxy) is 3. The normalized spacial score (nSPS) is 13.5. The Hall–Kier alpha value is -5.49. The predicted molar refractivity (Wildman–Crippen MR) is 320 cm³/mol. The zero-order valence-corrected chi connectivity index (χ0v) is 46.8. The van der Waals surface area contributed by atoms with E-state index in [9.17, 15) is 14.4 Å². The number of hydrogen-bond donors (Lipinski definition) is 0. The minimum absolute atomic E-state index is 0.126. The van der Waals surface area contributed by atoms with Gasteiger partial charge in [-0.2, -0.15) is 0 Å². The molecular formula is C68H102O6. The monoisotopic (exact) mass is 1010 g/mol. The third-order valence-corrected chi connectivity index (χ3v) is 11.5. The lowest BCUT2D eigenvalue weighted by Crippen LogP contribution is -2.30. The maximum absolute atomic E-state index is 12.9. The van der Waals surface area contributed by atoms with Gasteiger partial charge in [-0.1, -0.05) is 287 Å². The van der Waals surface area contributed by atoms with Crippen LogP contribution >= 0.6 is 0 Å². The van der Waals surface area contributed by atoms with Crippen molar-refractivity contribution < 1.29 is 28.6 Å². The second kappa shape index (κ2) is 60.1. The lowest BCUT2D eigenvalue weighted by Gasteiger charge is -2.18. The highest BCUT2D eigenvalue weighted by molar-refractivity contribution is 5.71. The van der Waals surface area contributed by atoms with E-state index in [1.807, 2.05) is 146 Å². The van der Waals surface area contributed by atoms with Gasteiger partial charge in [0.1, 0.15) is 13.2 Å². The van der Waals surface area contributed by atoms with E-state index in [0.717, 1.165) is 83.5 Å². The van der Waals surface area contributed by atoms with Crippen LogP contribution in [-0.2, 0) is 28.6 Å². The maximum Gasteiger partial charge on any atom is 0.306 e. The molecule has 0 radical (unpaired) electrons. The zero-order valence-electron chi connectivity index (χ0n) is 46.8. The molecule has 0 aromatic rings. The van der Waals surface area contributed by atoms with Gasteiger partial charge in [0.15, 0.2) is 6.10 Å². The highest BCUT2D eigenvalue weighted by Crippen LogP contribution is 2.13. The quantitative estimate of drug-likeness (QED) is 0.0199. The van der Waals surface area contributed by atoms with Crippen LogP contribution in [0, 0.1) is 0 Å². The average molecular weight is 1020 g/mol. The van der Waals surface area contributed by atoms with Crippen LogP contribution in [0.4, 0.5) is 0 Å². The summed E-state index contributed by atoms with van der Waals surface area (Å²) in [5.74, 6) is -1.04. The molecule has 0 aliphatic heterocycles. The summed E-state index contributed by atoms with van der Waals surface area (Å²) < 4.78 is 16.8. The lowest BCUT2D eigenvalue weighted by atomic mass is 10.1. The summed E-state index contributed by atoms with van der Waals surface area (Å²) in [6, 6.07) is 0. The zero-order chi connectivity index (χ0) is 53.6. The molecule has 0 heterocycles. The van der Waals surface area contributed by atoms with Crippen LogP contribution in [0.1, 0.15) is 207 Å². The summed E-state index contributed by atoms with van der Waals surface area (Å²) in [7, 11) is 0. The van der Waals surface area contributed by atoms with Crippen molar-refractivity contribution in [3.05, 3.63) is 182 Å². The molecule has 0 spiro atoms. The Morgan fingerprint density at radius 3 is 0.878 bits per heavy atom. The molecule has 6 heteroatoms. The number of carbonyl (C=O) groups is 3. The molecule has 0 N–H and O–H groups in total. The smallest absolute Gasteiger partial charge is 0.306 e. The summed E-state index contributed by atoms with van der Waals surface area (Å²) in [5, 5.41) is 0. The Morgan fingerprint density at radius 1 is 0.284 bits per heavy atom. The first-order valence-corrected chi connectivity index (χ1v) is 29.0. The van der Waals surface area contributed by atoms with Crippen molar-refractivity contribution in [3.63, 3.8) is 0 Å². The first kappa shape index (κ1) is 68.5. The molecule has 0 amide bonds. The first-order valence-electron chi connectivity index (χ1n) is 29.0. The van der Waals surface area contributed by atoms with Gasteiger partial charge in [0, 0.05) is 19.3 Å². The van der Waals surface area contributed by atoms with Gasteiger partial charge in [-0.25, -0.2) is 0 Å². The van der Waals surface area contributed by atoms with Crippen molar-refractivity contribution in [2.45, 2.75) is 213 Å². The van der Waals surface area contributed by atoms with E-state index in [1.165, 1.54) is 70.6 Å². The van der Waals surface area contributed by atoms with Gasteiger partial charge >= 0.3 is 17.9 Å². The van der Waals surface area contributed by atoms with E-state index in [4.69, 9.17) is 14.2 Å². The van der Waals surface area contributed by atoms with Crippen molar-refractivity contribution in [2.75, 3.05) is 13.2 Å². The minimum Gasteiger partial charge on any atom is -0.462 e. The molecule has 6 nitrogen and oxygen atoms in total. The SMILES string of the molecule is CC\C=C/C=C\C=C/C=C\C=C\C=C/C=C\CCCCCC(=O)OCC(COC(=O)CCCCCCC/C=C\CCCCCCCCCCC)OC(=O)CCCCC\C=C/C=C\C=C\C=C/C=C\C=C/C=C\CC. The van der Waals surface area contributed by atoms with Crippen LogP contribution < -0.4 is 0 Å². The molecule has 1 unspecified atom stereocenters. The molecule has 0 saturated carbocycles. The van der Waals surface area contributed by atoms with Crippen LogP contribution in [0.5, 0.6) is 0 Å². The molecule has 0 aliphatic rings. The van der Waals surface area contributed by atoms with Crippen molar-refractivity contribution >= 4 is 17.9 Å². The molecule has 0 aliphatic carbocycles. The summed E-state index contributed by atoms with van der Waals surface area (Å²) >= 11 is 0. The average Bonchev–Trinajstić information content (AvgIpc) is 3.40. The Balaban J connectivity index is 4.65. The van der Waals surface area contributed by atoms with Gasteiger partial charge in [-0.05, 0) is 83.5 Å². The van der Waals surface area contributed by atoms with Crippen LogP contribution in [-0.4, -0.2) is 37.2 Å². The van der Waals surface area contributed by atoms with Crippen LogP contribution in [0.3, 0.4) is 0 Å². The van der Waals surface area contributed by atoms with E-state index in [2.05, 4.69) is 57.2 Å². The maximum atomic E-state index is 12.9. The number of carbonyl (C=O) groups excluding carboxylic acids is 3. The Kier molecular flexibility index (Phi) is 55.6. The number of hydrogen-bond acceptors (Lipinski definition) is 6. The Bertz CT molecular complexity index is 1780. The van der Waals surface area contributed by atoms with Crippen molar-refractivity contribution in [3.8, 4) is 0 Å². The third-order valence-electron chi connectivity index (χ3n) is 11.5. The van der Waals surface area contributed by atoms with E-state index < -0.39 is 6.10 Å². The van der Waals surface area contributed by atoms with Crippen LogP contribution in [0.15, 0.2) is 182 Å². The van der Waals surface area contributed by atoms with Gasteiger partial charge in [0.05, 0.1) is 0 Å². The molecule has 74 heavy (non-hydrogen) atoms. The highest BCUT2D eigenvalue weighted by atomic mass is 16.6. The molecule has 0 aromatic heterocycles. The first-order chi connectivity index (χ1) is 36.5. The molecular weight excluding hydrogens is 913 g/mol. The van der Waals surface area contributed by atoms with Crippen LogP contribution in [0.25, 0.3) is 0 Å². The van der Waals surface area contributed by atoms with Gasteiger partial charge in [0.2, 0.25) is 0 Å². The fourth-order valence-corrected chi connectivity index (χ4v) is 7.23. The minimum atomic E-state index is -0.837. The molecule has 0 bridgehead atoms. The predicted octanol–water partition coefficient (Wildman–Crippen LogP) is 19.7. The Morgan fingerprint density at radius 2 is 0.541 bits per heavy atom. The highest BCUT2D eigenvalue weighted by Gasteiger charge is 2.19. The van der Waals surface area contributed by atoms with Crippen molar-refractivity contribution in [2.24, 2.45) is 0 Å². The lowest BCUT2D eigenvalue weighted by molar-refractivity contribution is -0.167. The molecule has 0 aromatic carbocycles. The number of unbranched alkanes of at least 4 members (excludes halogenated alkanes) is 20. The number of esters is 3. The second-order valence-corrected chi connectivity index (χ2v) is 18.4. The van der Waals surface area contributed by atoms with E-state index in [-0.39, 0.29) is 44.0 Å². The summed E-state index contributed by atoms with van der Waals surface area (Å²) in [4.78, 5) is 38.2. The third kappa shape index (κ3) is 57.4. The molecule has 1 atom stereocenters. The van der Waals surface area contributed by atoms with Gasteiger partial charge in [-0.3, -0.25) is 14.4 Å².